The van der Waals surface area contributed by atoms with Crippen LogP contribution < -0.4 is 4.90 Å². The number of hydrogen-bond acceptors (Lipinski definition) is 5. The summed E-state index contributed by atoms with van der Waals surface area (Å²) in [6.45, 7) is 7.20. The van der Waals surface area contributed by atoms with E-state index in [9.17, 15) is 9.90 Å². The van der Waals surface area contributed by atoms with Gasteiger partial charge in [0, 0.05) is 44.2 Å². The van der Waals surface area contributed by atoms with Gasteiger partial charge in [0.25, 0.3) is 0 Å². The number of methoxy groups -OCH3 is 1. The molecule has 2 aliphatic rings. The number of carbonyl (C=O) groups is 1. The van der Waals surface area contributed by atoms with Crippen LogP contribution in [0.2, 0.25) is 0 Å². The highest BCUT2D eigenvalue weighted by atomic mass is 32.1. The number of hydrogen-bond donors (Lipinski definition) is 1. The highest BCUT2D eigenvalue weighted by molar-refractivity contribution is 7.14. The van der Waals surface area contributed by atoms with Crippen LogP contribution in [0, 0.1) is 6.92 Å². The van der Waals surface area contributed by atoms with Crippen LogP contribution in [0.25, 0.3) is 0 Å². The van der Waals surface area contributed by atoms with Gasteiger partial charge in [0.1, 0.15) is 0 Å². The Labute approximate surface area is 148 Å². The lowest BCUT2D eigenvalue weighted by atomic mass is 9.87. The van der Waals surface area contributed by atoms with Gasteiger partial charge >= 0.3 is 5.97 Å². The van der Waals surface area contributed by atoms with E-state index >= 15 is 0 Å². The molecule has 0 atom stereocenters. The Balaban J connectivity index is 1.61. The molecule has 1 aliphatic carbocycles. The number of carboxylic acid groups (broad SMARTS) is 1. The highest BCUT2D eigenvalue weighted by Crippen LogP contribution is 2.37. The van der Waals surface area contributed by atoms with Gasteiger partial charge in [-0.25, -0.2) is 4.79 Å². The standard InChI is InChI=1S/C18H28N2O3S/c1-4-20(17-12(2)16(11-24-17)18(21)22)14-7-5-13(6-8-14)19-9-15(10-19)23-3/h11,13-15H,4-10H2,1-3H3,(H,21,22). The largest absolute Gasteiger partial charge is 0.478 e. The fourth-order valence-electron chi connectivity index (χ4n) is 4.12. The van der Waals surface area contributed by atoms with E-state index < -0.39 is 5.97 Å². The van der Waals surface area contributed by atoms with Crippen molar-refractivity contribution >= 4 is 22.3 Å². The Morgan fingerprint density at radius 3 is 2.54 bits per heavy atom. The van der Waals surface area contributed by atoms with Crippen molar-refractivity contribution < 1.29 is 14.6 Å². The van der Waals surface area contributed by atoms with Crippen LogP contribution in [0.4, 0.5) is 5.00 Å². The molecule has 0 bridgehead atoms. The molecule has 134 valence electrons. The number of thiophene rings is 1. The first-order valence-corrected chi connectivity index (χ1v) is 9.78. The quantitative estimate of drug-likeness (QED) is 0.852. The maximum absolute atomic E-state index is 11.3. The zero-order valence-corrected chi connectivity index (χ0v) is 15.6. The molecule has 0 unspecified atom stereocenters. The third-order valence-corrected chi connectivity index (χ3v) is 6.80. The Bertz CT molecular complexity index is 575. The first kappa shape index (κ1) is 17.7. The number of anilines is 1. The molecule has 3 rings (SSSR count). The fourth-order valence-corrected chi connectivity index (χ4v) is 5.33. The van der Waals surface area contributed by atoms with Crippen LogP contribution >= 0.6 is 11.3 Å². The first-order valence-electron chi connectivity index (χ1n) is 8.90. The highest BCUT2D eigenvalue weighted by Gasteiger charge is 2.36. The summed E-state index contributed by atoms with van der Waals surface area (Å²) in [5, 5.41) is 12.2. The molecule has 1 aromatic heterocycles. The number of rotatable bonds is 6. The molecule has 1 aromatic rings. The summed E-state index contributed by atoms with van der Waals surface area (Å²) >= 11 is 1.58. The maximum Gasteiger partial charge on any atom is 0.336 e. The molecule has 0 aromatic carbocycles. The molecule has 0 amide bonds. The number of nitrogens with zero attached hydrogens (tertiary/aromatic N) is 2. The Morgan fingerprint density at radius 1 is 1.38 bits per heavy atom. The summed E-state index contributed by atoms with van der Waals surface area (Å²) in [6.07, 6.45) is 5.26. The lowest BCUT2D eigenvalue weighted by molar-refractivity contribution is -0.0578. The lowest BCUT2D eigenvalue weighted by Gasteiger charge is -2.47. The summed E-state index contributed by atoms with van der Waals surface area (Å²) in [4.78, 5) is 16.3. The molecule has 5 nitrogen and oxygen atoms in total. The summed E-state index contributed by atoms with van der Waals surface area (Å²) < 4.78 is 5.38. The Morgan fingerprint density at radius 2 is 2.04 bits per heavy atom. The predicted molar refractivity (Wildman–Crippen MR) is 97.4 cm³/mol. The van der Waals surface area contributed by atoms with Gasteiger partial charge in [-0.05, 0) is 45.1 Å². The van der Waals surface area contributed by atoms with Gasteiger partial charge in [-0.3, -0.25) is 4.90 Å². The molecular formula is C18H28N2O3S. The number of ether oxygens (including phenoxy) is 1. The Hall–Kier alpha value is -1.11. The van der Waals surface area contributed by atoms with E-state index in [1.807, 2.05) is 6.92 Å². The lowest BCUT2D eigenvalue weighted by Crippen LogP contribution is -2.57. The fraction of sp³-hybridized carbons (Fsp3) is 0.722. The van der Waals surface area contributed by atoms with Crippen LogP contribution in [-0.4, -0.2) is 60.9 Å². The smallest absolute Gasteiger partial charge is 0.336 e. The molecule has 1 N–H and O–H groups in total. The van der Waals surface area contributed by atoms with Gasteiger partial charge in [0.2, 0.25) is 0 Å². The molecule has 2 heterocycles. The van der Waals surface area contributed by atoms with Crippen molar-refractivity contribution in [2.24, 2.45) is 0 Å². The zero-order chi connectivity index (χ0) is 17.3. The van der Waals surface area contributed by atoms with Gasteiger partial charge in [0.15, 0.2) is 0 Å². The van der Waals surface area contributed by atoms with E-state index in [0.29, 0.717) is 23.8 Å². The van der Waals surface area contributed by atoms with Crippen molar-refractivity contribution in [2.45, 2.75) is 57.7 Å². The van der Waals surface area contributed by atoms with Crippen LogP contribution in [0.1, 0.15) is 48.5 Å². The van der Waals surface area contributed by atoms with Gasteiger partial charge < -0.3 is 14.7 Å². The summed E-state index contributed by atoms with van der Waals surface area (Å²) in [5.74, 6) is -0.819. The molecule has 6 heteroatoms. The molecule has 1 aliphatic heterocycles. The Kier molecular flexibility index (Phi) is 5.47. The summed E-state index contributed by atoms with van der Waals surface area (Å²) in [5.41, 5.74) is 1.37. The van der Waals surface area contributed by atoms with E-state index in [2.05, 4.69) is 16.7 Å². The van der Waals surface area contributed by atoms with Gasteiger partial charge in [-0.2, -0.15) is 0 Å². The second-order valence-electron chi connectivity index (χ2n) is 6.94. The normalized spacial score (nSPS) is 25.5. The average molecular weight is 353 g/mol. The second-order valence-corrected chi connectivity index (χ2v) is 7.80. The average Bonchev–Trinajstić information content (AvgIpc) is 2.90. The monoisotopic (exact) mass is 352 g/mol. The maximum atomic E-state index is 11.3. The summed E-state index contributed by atoms with van der Waals surface area (Å²) in [7, 11) is 1.80. The van der Waals surface area contributed by atoms with Gasteiger partial charge in [0.05, 0.1) is 16.7 Å². The van der Waals surface area contributed by atoms with E-state index in [1.165, 1.54) is 25.7 Å². The van der Waals surface area contributed by atoms with Crippen LogP contribution in [-0.2, 0) is 4.74 Å². The SMILES string of the molecule is CCN(c1scc(C(=O)O)c1C)C1CCC(N2CC(OC)C2)CC1. The first-order chi connectivity index (χ1) is 11.5. The molecule has 2 fully saturated rings. The van der Waals surface area contributed by atoms with Crippen molar-refractivity contribution in [2.75, 3.05) is 31.6 Å². The number of likely N-dealkylation sites (tertiary alicyclic amines) is 1. The van der Waals surface area contributed by atoms with Gasteiger partial charge in [-0.1, -0.05) is 0 Å². The van der Waals surface area contributed by atoms with Crippen molar-refractivity contribution in [3.05, 3.63) is 16.5 Å². The molecule has 0 spiro atoms. The van der Waals surface area contributed by atoms with E-state index in [4.69, 9.17) is 4.74 Å². The van der Waals surface area contributed by atoms with Crippen molar-refractivity contribution in [1.29, 1.82) is 0 Å². The minimum atomic E-state index is -0.819. The third-order valence-electron chi connectivity index (χ3n) is 5.68. The van der Waals surface area contributed by atoms with E-state index in [0.717, 1.165) is 30.2 Å². The molecule has 1 saturated carbocycles. The molecule has 24 heavy (non-hydrogen) atoms. The van der Waals surface area contributed by atoms with Gasteiger partial charge in [-0.15, -0.1) is 11.3 Å². The summed E-state index contributed by atoms with van der Waals surface area (Å²) in [6, 6.07) is 1.23. The van der Waals surface area contributed by atoms with Crippen molar-refractivity contribution in [1.82, 2.24) is 4.90 Å². The van der Waals surface area contributed by atoms with Crippen molar-refractivity contribution in [3.63, 3.8) is 0 Å². The topological polar surface area (TPSA) is 53.0 Å². The zero-order valence-electron chi connectivity index (χ0n) is 14.8. The molecule has 1 saturated heterocycles. The van der Waals surface area contributed by atoms with E-state index in [-0.39, 0.29) is 0 Å². The third kappa shape index (κ3) is 3.32. The van der Waals surface area contributed by atoms with Crippen LogP contribution in [0.3, 0.4) is 0 Å². The van der Waals surface area contributed by atoms with Crippen molar-refractivity contribution in [3.8, 4) is 0 Å². The van der Waals surface area contributed by atoms with E-state index in [1.54, 1.807) is 23.8 Å². The predicted octanol–water partition coefficient (Wildman–Crippen LogP) is 3.22. The van der Waals surface area contributed by atoms with Crippen LogP contribution in [0.5, 0.6) is 0 Å². The second kappa shape index (κ2) is 7.42. The molecular weight excluding hydrogens is 324 g/mol. The number of aromatic carboxylic acids is 1. The minimum absolute atomic E-state index is 0.429. The number of carboxylic acids is 1. The minimum Gasteiger partial charge on any atom is -0.478 e. The molecule has 0 radical (unpaired) electrons. The van der Waals surface area contributed by atoms with Crippen LogP contribution in [0.15, 0.2) is 5.38 Å².